The van der Waals surface area contributed by atoms with Gasteiger partial charge in [-0.15, -0.1) is 0 Å². The molecule has 14 heavy (non-hydrogen) atoms. The first-order valence-corrected chi connectivity index (χ1v) is 5.62. The molecule has 0 N–H and O–H groups in total. The summed E-state index contributed by atoms with van der Waals surface area (Å²) in [6.45, 7) is 5.70. The lowest BCUT2D eigenvalue weighted by Gasteiger charge is -2.27. The van der Waals surface area contributed by atoms with Crippen LogP contribution >= 0.6 is 0 Å². The summed E-state index contributed by atoms with van der Waals surface area (Å²) in [6.07, 6.45) is 9.14. The molecule has 3 heteroatoms. The molecule has 0 unspecified atom stereocenters. The van der Waals surface area contributed by atoms with Crippen LogP contribution in [0.2, 0.25) is 0 Å². The molecule has 2 heterocycles. The number of likely N-dealkylation sites (tertiary alicyclic amines) is 1. The van der Waals surface area contributed by atoms with Crippen molar-refractivity contribution in [2.75, 3.05) is 13.1 Å². The average molecular weight is 193 g/mol. The quantitative estimate of drug-likeness (QED) is 0.731. The molecular formula is C11H19N3. The fourth-order valence-corrected chi connectivity index (χ4v) is 2.10. The van der Waals surface area contributed by atoms with Crippen molar-refractivity contribution in [2.24, 2.45) is 0 Å². The van der Waals surface area contributed by atoms with E-state index in [1.54, 1.807) is 0 Å². The fourth-order valence-electron chi connectivity index (χ4n) is 2.10. The molecule has 0 bridgehead atoms. The summed E-state index contributed by atoms with van der Waals surface area (Å²) < 4.78 is 2.27. The zero-order valence-corrected chi connectivity index (χ0v) is 8.95. The monoisotopic (exact) mass is 193 g/mol. The van der Waals surface area contributed by atoms with Crippen molar-refractivity contribution in [2.45, 2.75) is 39.3 Å². The Balaban J connectivity index is 1.95. The second kappa shape index (κ2) is 4.60. The largest absolute Gasteiger partial charge is 0.321 e. The van der Waals surface area contributed by atoms with Gasteiger partial charge in [0.25, 0.3) is 0 Å². The van der Waals surface area contributed by atoms with Crippen LogP contribution in [0.15, 0.2) is 12.4 Å². The van der Waals surface area contributed by atoms with Crippen molar-refractivity contribution in [3.05, 3.63) is 18.2 Å². The molecule has 1 aliphatic rings. The minimum atomic E-state index is 1.03. The summed E-state index contributed by atoms with van der Waals surface area (Å²) >= 11 is 0. The number of hydrogen-bond donors (Lipinski definition) is 0. The van der Waals surface area contributed by atoms with E-state index in [4.69, 9.17) is 0 Å². The minimum Gasteiger partial charge on any atom is -0.321 e. The number of imidazole rings is 1. The van der Waals surface area contributed by atoms with Gasteiger partial charge >= 0.3 is 0 Å². The summed E-state index contributed by atoms with van der Waals surface area (Å²) in [6, 6.07) is 0. The molecule has 2 rings (SSSR count). The molecular weight excluding hydrogens is 174 g/mol. The maximum atomic E-state index is 4.34. The molecule has 1 fully saturated rings. The molecule has 0 aliphatic carbocycles. The Kier molecular flexibility index (Phi) is 3.19. The van der Waals surface area contributed by atoms with Gasteiger partial charge in [0.05, 0.1) is 6.67 Å². The lowest BCUT2D eigenvalue weighted by molar-refractivity contribution is 0.180. The SMILES string of the molecule is CCc1nccn1CN1CCCCC1. The summed E-state index contributed by atoms with van der Waals surface area (Å²) in [5.41, 5.74) is 0. The first kappa shape index (κ1) is 9.71. The number of aromatic nitrogens is 2. The van der Waals surface area contributed by atoms with Gasteiger partial charge in [-0.2, -0.15) is 0 Å². The zero-order valence-electron chi connectivity index (χ0n) is 8.95. The molecule has 3 nitrogen and oxygen atoms in total. The van der Waals surface area contributed by atoms with Gasteiger partial charge in [-0.1, -0.05) is 13.3 Å². The maximum Gasteiger partial charge on any atom is 0.109 e. The van der Waals surface area contributed by atoms with E-state index in [1.165, 1.54) is 38.2 Å². The molecule has 1 aromatic rings. The molecule has 0 radical (unpaired) electrons. The highest BCUT2D eigenvalue weighted by Gasteiger charge is 2.11. The third kappa shape index (κ3) is 2.15. The second-order valence-electron chi connectivity index (χ2n) is 3.99. The lowest BCUT2D eigenvalue weighted by Crippen LogP contribution is -2.32. The van der Waals surface area contributed by atoms with Crippen LogP contribution in [-0.4, -0.2) is 27.5 Å². The molecule has 0 saturated carbocycles. The molecule has 78 valence electrons. The smallest absolute Gasteiger partial charge is 0.109 e. The highest BCUT2D eigenvalue weighted by atomic mass is 15.3. The summed E-state index contributed by atoms with van der Waals surface area (Å²) in [5.74, 6) is 1.20. The fraction of sp³-hybridized carbons (Fsp3) is 0.727. The molecule has 1 aliphatic heterocycles. The van der Waals surface area contributed by atoms with Crippen LogP contribution in [-0.2, 0) is 13.1 Å². The Labute approximate surface area is 85.7 Å². The van der Waals surface area contributed by atoms with E-state index in [1.807, 2.05) is 6.20 Å². The number of rotatable bonds is 3. The van der Waals surface area contributed by atoms with E-state index in [-0.39, 0.29) is 0 Å². The topological polar surface area (TPSA) is 21.1 Å². The van der Waals surface area contributed by atoms with E-state index in [2.05, 4.69) is 27.6 Å². The van der Waals surface area contributed by atoms with Crippen LogP contribution in [0.4, 0.5) is 0 Å². The Hall–Kier alpha value is -0.830. The first-order valence-electron chi connectivity index (χ1n) is 5.62. The standard InChI is InChI=1S/C11H19N3/c1-2-11-12-6-9-14(11)10-13-7-4-3-5-8-13/h6,9H,2-5,7-8,10H2,1H3. The van der Waals surface area contributed by atoms with E-state index in [0.717, 1.165) is 13.1 Å². The Morgan fingerprint density at radius 3 is 2.79 bits per heavy atom. The van der Waals surface area contributed by atoms with Crippen LogP contribution in [0.1, 0.15) is 32.0 Å². The number of nitrogens with zero attached hydrogens (tertiary/aromatic N) is 3. The van der Waals surface area contributed by atoms with E-state index in [0.29, 0.717) is 0 Å². The van der Waals surface area contributed by atoms with Gasteiger partial charge in [0.1, 0.15) is 5.82 Å². The van der Waals surface area contributed by atoms with Crippen LogP contribution < -0.4 is 0 Å². The average Bonchev–Trinajstić information content (AvgIpc) is 2.67. The predicted octanol–water partition coefficient (Wildman–Crippen LogP) is 1.89. The maximum absolute atomic E-state index is 4.34. The third-order valence-electron chi connectivity index (χ3n) is 2.92. The third-order valence-corrected chi connectivity index (χ3v) is 2.92. The molecule has 1 aromatic heterocycles. The molecule has 1 saturated heterocycles. The Bertz CT molecular complexity index is 274. The van der Waals surface area contributed by atoms with Crippen molar-refractivity contribution in [3.63, 3.8) is 0 Å². The van der Waals surface area contributed by atoms with Gasteiger partial charge in [-0.3, -0.25) is 4.90 Å². The normalized spacial score (nSPS) is 18.6. The minimum absolute atomic E-state index is 1.03. The van der Waals surface area contributed by atoms with E-state index >= 15 is 0 Å². The second-order valence-corrected chi connectivity index (χ2v) is 3.99. The Morgan fingerprint density at radius 2 is 2.07 bits per heavy atom. The van der Waals surface area contributed by atoms with Gasteiger partial charge in [-0.05, 0) is 25.9 Å². The van der Waals surface area contributed by atoms with Crippen LogP contribution in [0.25, 0.3) is 0 Å². The van der Waals surface area contributed by atoms with Gasteiger partial charge in [-0.25, -0.2) is 4.98 Å². The number of aryl methyl sites for hydroxylation is 1. The van der Waals surface area contributed by atoms with Crippen molar-refractivity contribution in [1.29, 1.82) is 0 Å². The van der Waals surface area contributed by atoms with Crippen molar-refractivity contribution in [3.8, 4) is 0 Å². The molecule has 0 atom stereocenters. The summed E-state index contributed by atoms with van der Waals surface area (Å²) in [7, 11) is 0. The van der Waals surface area contributed by atoms with Gasteiger partial charge in [0.2, 0.25) is 0 Å². The Morgan fingerprint density at radius 1 is 1.29 bits per heavy atom. The van der Waals surface area contributed by atoms with E-state index in [9.17, 15) is 0 Å². The van der Waals surface area contributed by atoms with Gasteiger partial charge in [0.15, 0.2) is 0 Å². The highest BCUT2D eigenvalue weighted by Crippen LogP contribution is 2.10. The number of hydrogen-bond acceptors (Lipinski definition) is 2. The van der Waals surface area contributed by atoms with Crippen molar-refractivity contribution >= 4 is 0 Å². The first-order chi connectivity index (χ1) is 6.90. The molecule has 0 spiro atoms. The number of piperidine rings is 1. The van der Waals surface area contributed by atoms with Crippen molar-refractivity contribution < 1.29 is 0 Å². The summed E-state index contributed by atoms with van der Waals surface area (Å²) in [5, 5.41) is 0. The molecule has 0 amide bonds. The van der Waals surface area contributed by atoms with Crippen LogP contribution in [0.5, 0.6) is 0 Å². The summed E-state index contributed by atoms with van der Waals surface area (Å²) in [4.78, 5) is 6.85. The van der Waals surface area contributed by atoms with E-state index < -0.39 is 0 Å². The van der Waals surface area contributed by atoms with Gasteiger partial charge < -0.3 is 4.57 Å². The lowest BCUT2D eigenvalue weighted by atomic mass is 10.1. The highest BCUT2D eigenvalue weighted by molar-refractivity contribution is 4.91. The van der Waals surface area contributed by atoms with Crippen LogP contribution in [0, 0.1) is 0 Å². The zero-order chi connectivity index (χ0) is 9.80. The molecule has 0 aromatic carbocycles. The van der Waals surface area contributed by atoms with Crippen LogP contribution in [0.3, 0.4) is 0 Å². The van der Waals surface area contributed by atoms with Crippen molar-refractivity contribution in [1.82, 2.24) is 14.5 Å². The van der Waals surface area contributed by atoms with Gasteiger partial charge in [0, 0.05) is 18.8 Å². The predicted molar refractivity (Wildman–Crippen MR) is 57.0 cm³/mol.